The highest BCUT2D eigenvalue weighted by molar-refractivity contribution is 8.00. The van der Waals surface area contributed by atoms with Crippen LogP contribution in [0.2, 0.25) is 0 Å². The molecule has 0 spiro atoms. The minimum Gasteiger partial charge on any atom is -0.308 e. The van der Waals surface area contributed by atoms with Gasteiger partial charge in [0.2, 0.25) is 0 Å². The van der Waals surface area contributed by atoms with Gasteiger partial charge in [0.05, 0.1) is 6.54 Å². The largest absolute Gasteiger partial charge is 0.308 e. The number of benzene rings is 1. The molecular weight excluding hydrogens is 290 g/mol. The molecule has 1 atom stereocenters. The fourth-order valence-electron chi connectivity index (χ4n) is 3.10. The van der Waals surface area contributed by atoms with Crippen LogP contribution < -0.4 is 0 Å². The van der Waals surface area contributed by atoms with Crippen LogP contribution in [0.25, 0.3) is 11.2 Å². The monoisotopic (exact) mass is 309 g/mol. The molecule has 1 saturated heterocycles. The van der Waals surface area contributed by atoms with E-state index in [-0.39, 0.29) is 0 Å². The molecule has 0 aliphatic carbocycles. The quantitative estimate of drug-likeness (QED) is 0.732. The first-order chi connectivity index (χ1) is 10.9. The zero-order valence-corrected chi connectivity index (χ0v) is 13.3. The van der Waals surface area contributed by atoms with E-state index in [4.69, 9.17) is 4.98 Å². The lowest BCUT2D eigenvalue weighted by Gasteiger charge is -2.11. The number of nitrogens with zero attached hydrogens (tertiary/aromatic N) is 3. The summed E-state index contributed by atoms with van der Waals surface area (Å²) in [6, 6.07) is 14.6. The molecule has 4 rings (SSSR count). The van der Waals surface area contributed by atoms with E-state index in [1.54, 1.807) is 0 Å². The number of fused-ring (bicyclic) bond motifs is 1. The molecule has 1 unspecified atom stereocenters. The van der Waals surface area contributed by atoms with Crippen molar-refractivity contribution in [3.05, 3.63) is 60.0 Å². The lowest BCUT2D eigenvalue weighted by atomic mass is 10.2. The van der Waals surface area contributed by atoms with Crippen molar-refractivity contribution in [1.82, 2.24) is 14.5 Å². The Hall–Kier alpha value is -1.81. The summed E-state index contributed by atoms with van der Waals surface area (Å²) in [6.07, 6.45) is 5.56. The summed E-state index contributed by atoms with van der Waals surface area (Å²) in [4.78, 5) is 9.43. The van der Waals surface area contributed by atoms with Crippen LogP contribution in [0, 0.1) is 0 Å². The molecular formula is C18H19N3S. The molecule has 22 heavy (non-hydrogen) atoms. The number of hydrogen-bond acceptors (Lipinski definition) is 3. The summed E-state index contributed by atoms with van der Waals surface area (Å²) < 4.78 is 2.30. The van der Waals surface area contributed by atoms with Gasteiger partial charge in [0.1, 0.15) is 11.3 Å². The SMILES string of the molecule is c1ccc(Cn2c(CC3CCCS3)nc3cccnc32)cc1. The number of aromatic nitrogens is 3. The van der Waals surface area contributed by atoms with Crippen molar-refractivity contribution in [2.45, 2.75) is 31.1 Å². The molecule has 2 aromatic heterocycles. The molecule has 0 N–H and O–H groups in total. The second-order valence-electron chi connectivity index (χ2n) is 5.79. The molecule has 0 bridgehead atoms. The molecule has 4 heteroatoms. The Balaban J connectivity index is 1.72. The van der Waals surface area contributed by atoms with Crippen LogP contribution in [-0.4, -0.2) is 25.5 Å². The van der Waals surface area contributed by atoms with Crippen LogP contribution in [0.4, 0.5) is 0 Å². The Morgan fingerprint density at radius 3 is 2.86 bits per heavy atom. The standard InChI is InChI=1S/C18H19N3S/c1-2-6-14(7-3-1)13-21-17(12-15-8-5-11-22-15)20-16-9-4-10-19-18(16)21/h1-4,6-7,9-10,15H,5,8,11-13H2. The molecule has 0 amide bonds. The molecule has 1 aliphatic rings. The van der Waals surface area contributed by atoms with E-state index in [0.29, 0.717) is 5.25 Å². The van der Waals surface area contributed by atoms with Crippen molar-refractivity contribution in [3.8, 4) is 0 Å². The molecule has 112 valence electrons. The lowest BCUT2D eigenvalue weighted by molar-refractivity contribution is 0.688. The minimum atomic E-state index is 0.714. The lowest BCUT2D eigenvalue weighted by Crippen LogP contribution is -2.11. The fraction of sp³-hybridized carbons (Fsp3) is 0.333. The van der Waals surface area contributed by atoms with E-state index in [9.17, 15) is 0 Å². The van der Waals surface area contributed by atoms with Gasteiger partial charge in [-0.05, 0) is 36.3 Å². The van der Waals surface area contributed by atoms with Gasteiger partial charge in [-0.25, -0.2) is 9.97 Å². The maximum atomic E-state index is 4.86. The number of rotatable bonds is 4. The molecule has 3 heterocycles. The highest BCUT2D eigenvalue weighted by Gasteiger charge is 2.20. The third kappa shape index (κ3) is 2.75. The summed E-state index contributed by atoms with van der Waals surface area (Å²) in [5.41, 5.74) is 3.31. The first-order valence-corrected chi connectivity index (χ1v) is 8.91. The van der Waals surface area contributed by atoms with Gasteiger partial charge < -0.3 is 4.57 Å². The van der Waals surface area contributed by atoms with Crippen LogP contribution in [0.5, 0.6) is 0 Å². The van der Waals surface area contributed by atoms with Crippen LogP contribution in [-0.2, 0) is 13.0 Å². The second-order valence-corrected chi connectivity index (χ2v) is 7.19. The van der Waals surface area contributed by atoms with Crippen LogP contribution >= 0.6 is 11.8 Å². The molecule has 3 nitrogen and oxygen atoms in total. The van der Waals surface area contributed by atoms with Gasteiger partial charge >= 0.3 is 0 Å². The Morgan fingerprint density at radius 2 is 2.05 bits per heavy atom. The first-order valence-electron chi connectivity index (χ1n) is 7.86. The average molecular weight is 309 g/mol. The van der Waals surface area contributed by atoms with Crippen molar-refractivity contribution < 1.29 is 0 Å². The zero-order chi connectivity index (χ0) is 14.8. The normalized spacial score (nSPS) is 18.1. The van der Waals surface area contributed by atoms with Crippen molar-refractivity contribution in [1.29, 1.82) is 0 Å². The van der Waals surface area contributed by atoms with E-state index in [1.165, 1.54) is 30.0 Å². The summed E-state index contributed by atoms with van der Waals surface area (Å²) in [6.45, 7) is 0.848. The van der Waals surface area contributed by atoms with Crippen LogP contribution in [0.3, 0.4) is 0 Å². The Labute approximate surface area is 134 Å². The molecule has 1 fully saturated rings. The van der Waals surface area contributed by atoms with Gasteiger partial charge in [-0.15, -0.1) is 0 Å². The van der Waals surface area contributed by atoms with Gasteiger partial charge in [0.25, 0.3) is 0 Å². The Morgan fingerprint density at radius 1 is 1.14 bits per heavy atom. The summed E-state index contributed by atoms with van der Waals surface area (Å²) in [5.74, 6) is 2.47. The average Bonchev–Trinajstić information content (AvgIpc) is 3.18. The van der Waals surface area contributed by atoms with Gasteiger partial charge in [-0.3, -0.25) is 0 Å². The van der Waals surface area contributed by atoms with E-state index in [1.807, 2.05) is 12.3 Å². The third-order valence-corrected chi connectivity index (χ3v) is 5.60. The maximum Gasteiger partial charge on any atom is 0.160 e. The van der Waals surface area contributed by atoms with Gasteiger partial charge in [-0.2, -0.15) is 11.8 Å². The molecule has 1 aromatic carbocycles. The molecule has 0 radical (unpaired) electrons. The Kier molecular flexibility index (Phi) is 3.85. The number of imidazole rings is 1. The smallest absolute Gasteiger partial charge is 0.160 e. The number of thioether (sulfide) groups is 1. The van der Waals surface area contributed by atoms with Crippen molar-refractivity contribution in [2.75, 3.05) is 5.75 Å². The first kappa shape index (κ1) is 13.8. The summed E-state index contributed by atoms with van der Waals surface area (Å²) >= 11 is 2.09. The van der Waals surface area contributed by atoms with Crippen LogP contribution in [0.15, 0.2) is 48.7 Å². The predicted molar refractivity (Wildman–Crippen MR) is 92.3 cm³/mol. The number of hydrogen-bond donors (Lipinski definition) is 0. The van der Waals surface area contributed by atoms with Crippen molar-refractivity contribution in [2.24, 2.45) is 0 Å². The predicted octanol–water partition coefficient (Wildman–Crippen LogP) is 3.92. The van der Waals surface area contributed by atoms with E-state index >= 15 is 0 Å². The zero-order valence-electron chi connectivity index (χ0n) is 12.5. The van der Waals surface area contributed by atoms with Crippen molar-refractivity contribution in [3.63, 3.8) is 0 Å². The topological polar surface area (TPSA) is 30.7 Å². The van der Waals surface area contributed by atoms with Crippen LogP contribution in [0.1, 0.15) is 24.2 Å². The highest BCUT2D eigenvalue weighted by atomic mass is 32.2. The highest BCUT2D eigenvalue weighted by Crippen LogP contribution is 2.29. The summed E-state index contributed by atoms with van der Waals surface area (Å²) in [7, 11) is 0. The molecule has 1 aliphatic heterocycles. The summed E-state index contributed by atoms with van der Waals surface area (Å²) in [5, 5.41) is 0.714. The van der Waals surface area contributed by atoms with Gasteiger partial charge in [0, 0.05) is 17.9 Å². The van der Waals surface area contributed by atoms with E-state index in [2.05, 4.69) is 57.7 Å². The maximum absolute atomic E-state index is 4.86. The minimum absolute atomic E-state index is 0.714. The van der Waals surface area contributed by atoms with Gasteiger partial charge in [-0.1, -0.05) is 30.3 Å². The van der Waals surface area contributed by atoms with Gasteiger partial charge in [0.15, 0.2) is 5.65 Å². The fourth-order valence-corrected chi connectivity index (χ4v) is 4.37. The third-order valence-electron chi connectivity index (χ3n) is 4.20. The second kappa shape index (κ2) is 6.13. The van der Waals surface area contributed by atoms with E-state index < -0.39 is 0 Å². The molecule has 3 aromatic rings. The van der Waals surface area contributed by atoms with E-state index in [0.717, 1.165) is 24.1 Å². The Bertz CT molecular complexity index is 760. The van der Waals surface area contributed by atoms with Crippen molar-refractivity contribution >= 4 is 22.9 Å². The molecule has 0 saturated carbocycles. The number of pyridine rings is 1.